The van der Waals surface area contributed by atoms with Gasteiger partial charge >= 0.3 is 0 Å². The highest BCUT2D eigenvalue weighted by atomic mass is 79.9. The van der Waals surface area contributed by atoms with Gasteiger partial charge < -0.3 is 0 Å². The number of benzene rings is 1. The van der Waals surface area contributed by atoms with Crippen LogP contribution in [0.3, 0.4) is 0 Å². The van der Waals surface area contributed by atoms with Crippen molar-refractivity contribution in [2.75, 3.05) is 0 Å². The highest BCUT2D eigenvalue weighted by Gasteiger charge is 2.09. The number of carbonyl (C=O) groups excluding carboxylic acids is 1. The van der Waals surface area contributed by atoms with E-state index >= 15 is 0 Å². The van der Waals surface area contributed by atoms with Gasteiger partial charge in [-0.25, -0.2) is 0 Å². The van der Waals surface area contributed by atoms with Crippen molar-refractivity contribution in [1.29, 1.82) is 0 Å². The third-order valence-corrected chi connectivity index (χ3v) is 4.54. The molecule has 1 heterocycles. The number of hydrogen-bond acceptors (Lipinski definition) is 2. The summed E-state index contributed by atoms with van der Waals surface area (Å²) in [5.41, 5.74) is 1.01. The number of rotatable bonds is 4. The number of halogens is 2. The first-order valence-corrected chi connectivity index (χ1v) is 7.18. The lowest BCUT2D eigenvalue weighted by molar-refractivity contribution is -0.117. The van der Waals surface area contributed by atoms with Crippen molar-refractivity contribution in [3.05, 3.63) is 55.6 Å². The van der Waals surface area contributed by atoms with Crippen LogP contribution >= 0.6 is 38.9 Å². The summed E-state index contributed by atoms with van der Waals surface area (Å²) >= 11 is 10.8. The summed E-state index contributed by atoms with van der Waals surface area (Å²) in [4.78, 5) is 13.0. The molecule has 0 aliphatic heterocycles. The van der Waals surface area contributed by atoms with Crippen molar-refractivity contribution in [2.45, 2.75) is 12.8 Å². The van der Waals surface area contributed by atoms with Crippen molar-refractivity contribution >= 4 is 44.7 Å². The Bertz CT molecular complexity index is 518. The molecule has 1 aromatic carbocycles. The third-order valence-electron chi connectivity index (χ3n) is 2.36. The highest BCUT2D eigenvalue weighted by molar-refractivity contribution is 9.10. The maximum atomic E-state index is 11.9. The minimum atomic E-state index is 0.218. The van der Waals surface area contributed by atoms with Gasteiger partial charge in [0.25, 0.3) is 0 Å². The molecule has 2 aromatic rings. The molecule has 0 N–H and O–H groups in total. The molecule has 0 atom stereocenters. The summed E-state index contributed by atoms with van der Waals surface area (Å²) in [6, 6.07) is 9.37. The predicted octanol–water partition coefficient (Wildman–Crippen LogP) is 4.52. The Labute approximate surface area is 118 Å². The topological polar surface area (TPSA) is 17.1 Å². The predicted molar refractivity (Wildman–Crippen MR) is 75.9 cm³/mol. The molecule has 0 unspecified atom stereocenters. The van der Waals surface area contributed by atoms with E-state index in [-0.39, 0.29) is 5.78 Å². The summed E-state index contributed by atoms with van der Waals surface area (Å²) in [5, 5.41) is 2.68. The van der Waals surface area contributed by atoms with Crippen LogP contribution in [0.5, 0.6) is 0 Å². The molecule has 1 nitrogen and oxygen atoms in total. The first-order chi connectivity index (χ1) is 8.15. The van der Waals surface area contributed by atoms with Gasteiger partial charge in [0.2, 0.25) is 0 Å². The Morgan fingerprint density at radius 2 is 1.88 bits per heavy atom. The number of hydrogen-bond donors (Lipinski definition) is 0. The van der Waals surface area contributed by atoms with Crippen molar-refractivity contribution in [3.63, 3.8) is 0 Å². The minimum absolute atomic E-state index is 0.218. The largest absolute Gasteiger partial charge is 0.299 e. The average molecular weight is 330 g/mol. The summed E-state index contributed by atoms with van der Waals surface area (Å²) in [6.45, 7) is 0. The zero-order valence-corrected chi connectivity index (χ0v) is 12.1. The number of thiophene rings is 1. The zero-order valence-electron chi connectivity index (χ0n) is 8.95. The van der Waals surface area contributed by atoms with E-state index in [4.69, 9.17) is 11.6 Å². The van der Waals surface area contributed by atoms with Crippen LogP contribution in [0.4, 0.5) is 0 Å². The molecule has 0 aliphatic rings. The molecule has 4 heteroatoms. The second-order valence-corrected chi connectivity index (χ2v) is 6.00. The summed E-state index contributed by atoms with van der Waals surface area (Å²) in [5.74, 6) is 0.218. The quantitative estimate of drug-likeness (QED) is 0.806. The Morgan fingerprint density at radius 1 is 1.18 bits per heavy atom. The molecule has 2 rings (SSSR count). The molecule has 0 aliphatic carbocycles. The van der Waals surface area contributed by atoms with E-state index in [9.17, 15) is 4.79 Å². The van der Waals surface area contributed by atoms with Gasteiger partial charge in [-0.05, 0) is 45.1 Å². The molecule has 0 bridgehead atoms. The van der Waals surface area contributed by atoms with Gasteiger partial charge in [-0.1, -0.05) is 23.7 Å². The summed E-state index contributed by atoms with van der Waals surface area (Å²) in [6.07, 6.45) is 0.947. The number of Topliss-reactive ketones (excluding diaryl/α,β-unsaturated/α-hetero) is 1. The molecule has 0 radical (unpaired) electrons. The molecular weight excluding hydrogens is 320 g/mol. The fraction of sp³-hybridized carbons (Fsp3) is 0.154. The smallest absolute Gasteiger partial charge is 0.142 e. The minimum Gasteiger partial charge on any atom is -0.299 e. The van der Waals surface area contributed by atoms with Gasteiger partial charge in [-0.2, -0.15) is 0 Å². The molecule has 1 aromatic heterocycles. The van der Waals surface area contributed by atoms with Crippen molar-refractivity contribution in [1.82, 2.24) is 0 Å². The zero-order chi connectivity index (χ0) is 12.3. The van der Waals surface area contributed by atoms with Crippen LogP contribution in [0.25, 0.3) is 0 Å². The van der Waals surface area contributed by atoms with Crippen LogP contribution in [0.2, 0.25) is 5.02 Å². The number of carbonyl (C=O) groups is 1. The van der Waals surface area contributed by atoms with E-state index in [0.29, 0.717) is 17.9 Å². The van der Waals surface area contributed by atoms with E-state index in [0.717, 1.165) is 14.9 Å². The molecular formula is C13H10BrClOS. The molecule has 0 amide bonds. The lowest BCUT2D eigenvalue weighted by atomic mass is 10.1. The van der Waals surface area contributed by atoms with Crippen LogP contribution in [0.15, 0.2) is 40.2 Å². The van der Waals surface area contributed by atoms with Crippen molar-refractivity contribution in [3.8, 4) is 0 Å². The van der Waals surface area contributed by atoms with Gasteiger partial charge in [0.05, 0.1) is 0 Å². The third kappa shape index (κ3) is 3.66. The highest BCUT2D eigenvalue weighted by Crippen LogP contribution is 2.23. The first-order valence-electron chi connectivity index (χ1n) is 5.13. The molecule has 0 saturated carbocycles. The second kappa shape index (κ2) is 5.80. The van der Waals surface area contributed by atoms with Crippen LogP contribution in [0, 0.1) is 0 Å². The van der Waals surface area contributed by atoms with Gasteiger partial charge in [0.15, 0.2) is 0 Å². The number of ketones is 1. The van der Waals surface area contributed by atoms with Gasteiger partial charge in [-0.15, -0.1) is 11.3 Å². The molecule has 0 spiro atoms. The van der Waals surface area contributed by atoms with E-state index < -0.39 is 0 Å². The fourth-order valence-corrected chi connectivity index (χ4v) is 3.17. The molecule has 0 fully saturated rings. The van der Waals surface area contributed by atoms with Crippen LogP contribution in [0.1, 0.15) is 10.4 Å². The fourth-order valence-electron chi connectivity index (χ4n) is 1.52. The van der Waals surface area contributed by atoms with E-state index in [1.165, 1.54) is 0 Å². The monoisotopic (exact) mass is 328 g/mol. The SMILES string of the molecule is O=C(Cc1ccc(Cl)cc1)Cc1sccc1Br. The van der Waals surface area contributed by atoms with Crippen molar-refractivity contribution < 1.29 is 4.79 Å². The van der Waals surface area contributed by atoms with E-state index in [1.807, 2.05) is 35.7 Å². The van der Waals surface area contributed by atoms with E-state index in [2.05, 4.69) is 15.9 Å². The van der Waals surface area contributed by atoms with Gasteiger partial charge in [-0.3, -0.25) is 4.79 Å². The summed E-state index contributed by atoms with van der Waals surface area (Å²) < 4.78 is 1.02. The molecule has 17 heavy (non-hydrogen) atoms. The normalized spacial score (nSPS) is 10.5. The van der Waals surface area contributed by atoms with Crippen LogP contribution in [-0.4, -0.2) is 5.78 Å². The molecule has 88 valence electrons. The second-order valence-electron chi connectivity index (χ2n) is 3.71. The van der Waals surface area contributed by atoms with Crippen LogP contribution < -0.4 is 0 Å². The Morgan fingerprint density at radius 3 is 2.47 bits per heavy atom. The van der Waals surface area contributed by atoms with E-state index in [1.54, 1.807) is 11.3 Å². The van der Waals surface area contributed by atoms with Gasteiger partial charge in [0, 0.05) is 27.2 Å². The Hall–Kier alpha value is -0.640. The Kier molecular flexibility index (Phi) is 4.37. The lowest BCUT2D eigenvalue weighted by Gasteiger charge is -2.01. The molecule has 0 saturated heterocycles. The van der Waals surface area contributed by atoms with Crippen LogP contribution in [-0.2, 0) is 17.6 Å². The van der Waals surface area contributed by atoms with Gasteiger partial charge in [0.1, 0.15) is 5.78 Å². The maximum Gasteiger partial charge on any atom is 0.142 e. The average Bonchev–Trinajstić information content (AvgIpc) is 2.68. The maximum absolute atomic E-state index is 11.9. The van der Waals surface area contributed by atoms with Crippen molar-refractivity contribution in [2.24, 2.45) is 0 Å². The first kappa shape index (κ1) is 12.8. The Balaban J connectivity index is 1.98. The lowest BCUT2D eigenvalue weighted by Crippen LogP contribution is -2.05. The standard InChI is InChI=1S/C13H10BrClOS/c14-12-5-6-17-13(12)8-11(16)7-9-1-3-10(15)4-2-9/h1-6H,7-8H2. The summed E-state index contributed by atoms with van der Waals surface area (Å²) in [7, 11) is 0.